The number of anilines is 1. The first-order valence-corrected chi connectivity index (χ1v) is 10.4. The third-order valence-electron chi connectivity index (χ3n) is 5.59. The van der Waals surface area contributed by atoms with Gasteiger partial charge in [-0.1, -0.05) is 31.2 Å². The minimum atomic E-state index is -0.0938. The summed E-state index contributed by atoms with van der Waals surface area (Å²) in [6, 6.07) is 16.2. The van der Waals surface area contributed by atoms with Crippen molar-refractivity contribution < 1.29 is 4.79 Å². The number of amidine groups is 1. The summed E-state index contributed by atoms with van der Waals surface area (Å²) >= 11 is 1.39. The van der Waals surface area contributed by atoms with E-state index in [1.54, 1.807) is 0 Å². The number of hydrogen-bond donors (Lipinski definition) is 1. The molecule has 2 aliphatic heterocycles. The van der Waals surface area contributed by atoms with Crippen LogP contribution in [0.5, 0.6) is 0 Å². The summed E-state index contributed by atoms with van der Waals surface area (Å²) in [6.07, 6.45) is 3.07. The van der Waals surface area contributed by atoms with Gasteiger partial charge in [-0.05, 0) is 79.4 Å². The highest BCUT2D eigenvalue weighted by Gasteiger charge is 2.34. The van der Waals surface area contributed by atoms with E-state index in [1.165, 1.54) is 23.0 Å². The van der Waals surface area contributed by atoms with E-state index >= 15 is 0 Å². The van der Waals surface area contributed by atoms with Gasteiger partial charge in [-0.25, -0.2) is 4.99 Å². The Morgan fingerprint density at radius 2 is 1.96 bits per heavy atom. The molecule has 2 aromatic carbocycles. The average Bonchev–Trinajstić information content (AvgIpc) is 2.99. The van der Waals surface area contributed by atoms with Gasteiger partial charge in [0.1, 0.15) is 0 Å². The zero-order valence-corrected chi connectivity index (χ0v) is 17.5. The van der Waals surface area contributed by atoms with Crippen LogP contribution in [-0.4, -0.2) is 23.7 Å². The van der Waals surface area contributed by atoms with Gasteiger partial charge in [-0.2, -0.15) is 0 Å². The number of aliphatic imine (C=N–C) groups is 1. The Hall–Kier alpha value is -2.53. The lowest BCUT2D eigenvalue weighted by Crippen LogP contribution is -2.45. The maximum Gasteiger partial charge on any atom is 0.264 e. The molecule has 1 fully saturated rings. The second-order valence-electron chi connectivity index (χ2n) is 8.11. The molecule has 4 rings (SSSR count). The maximum atomic E-state index is 12.4. The number of rotatable bonds is 2. The van der Waals surface area contributed by atoms with Crippen LogP contribution < -0.4 is 10.2 Å². The Morgan fingerprint density at radius 1 is 1.21 bits per heavy atom. The van der Waals surface area contributed by atoms with Crippen LogP contribution in [0.15, 0.2) is 58.4 Å². The van der Waals surface area contributed by atoms with Gasteiger partial charge in [0.2, 0.25) is 0 Å². The lowest BCUT2D eigenvalue weighted by molar-refractivity contribution is -0.115. The lowest BCUT2D eigenvalue weighted by atomic mass is 9.80. The molecule has 1 N–H and O–H groups in total. The Bertz CT molecular complexity index is 979. The number of thioether (sulfide) groups is 1. The van der Waals surface area contributed by atoms with Crippen molar-refractivity contribution in [2.24, 2.45) is 4.99 Å². The van der Waals surface area contributed by atoms with Crippen molar-refractivity contribution >= 4 is 40.3 Å². The Kier molecular flexibility index (Phi) is 4.79. The van der Waals surface area contributed by atoms with Crippen molar-refractivity contribution in [3.05, 3.63) is 64.6 Å². The molecule has 1 atom stereocenters. The lowest BCUT2D eigenvalue weighted by Gasteiger charge is -2.45. The van der Waals surface area contributed by atoms with Gasteiger partial charge in [0.25, 0.3) is 5.91 Å². The third kappa shape index (κ3) is 3.59. The van der Waals surface area contributed by atoms with E-state index in [2.05, 4.69) is 61.2 Å². The zero-order valence-electron chi connectivity index (χ0n) is 16.7. The molecule has 0 aromatic heterocycles. The standard InChI is InChI=1S/C23H25N3OS/c1-15-14-23(2,3)26(4)19-11-10-16(12-18(15)19)13-20-21(27)25-22(28-20)24-17-8-6-5-7-9-17/h5-13,15H,14H2,1-4H3,(H,24,25,27)/b20-13-/t15-/m0/s1. The van der Waals surface area contributed by atoms with Crippen LogP contribution >= 0.6 is 11.8 Å². The Morgan fingerprint density at radius 3 is 2.71 bits per heavy atom. The number of carbonyl (C=O) groups excluding carboxylic acids is 1. The van der Waals surface area contributed by atoms with Crippen molar-refractivity contribution in [3.8, 4) is 0 Å². The summed E-state index contributed by atoms with van der Waals surface area (Å²) in [5.41, 5.74) is 4.66. The monoisotopic (exact) mass is 391 g/mol. The summed E-state index contributed by atoms with van der Waals surface area (Å²) in [7, 11) is 2.16. The largest absolute Gasteiger partial charge is 0.369 e. The molecule has 0 spiro atoms. The average molecular weight is 392 g/mol. The Balaban J connectivity index is 1.61. The maximum absolute atomic E-state index is 12.4. The predicted octanol–water partition coefficient (Wildman–Crippen LogP) is 5.30. The number of nitrogens with one attached hydrogen (secondary N) is 1. The van der Waals surface area contributed by atoms with Gasteiger partial charge in [0.05, 0.1) is 10.6 Å². The van der Waals surface area contributed by atoms with Gasteiger partial charge in [-0.3, -0.25) is 4.79 Å². The number of hydrogen-bond acceptors (Lipinski definition) is 4. The number of amides is 1. The molecule has 2 aromatic rings. The topological polar surface area (TPSA) is 44.7 Å². The summed E-state index contributed by atoms with van der Waals surface area (Å²) in [5, 5.41) is 3.48. The summed E-state index contributed by atoms with van der Waals surface area (Å²) in [6.45, 7) is 6.86. The fraction of sp³-hybridized carbons (Fsp3) is 0.304. The molecule has 0 unspecified atom stereocenters. The van der Waals surface area contributed by atoms with Gasteiger partial charge >= 0.3 is 0 Å². The second-order valence-corrected chi connectivity index (χ2v) is 9.14. The first-order valence-electron chi connectivity index (χ1n) is 9.56. The predicted molar refractivity (Wildman–Crippen MR) is 119 cm³/mol. The highest BCUT2D eigenvalue weighted by atomic mass is 32.2. The fourth-order valence-corrected chi connectivity index (χ4v) is 4.78. The number of nitrogens with zero attached hydrogens (tertiary/aromatic N) is 2. The number of benzene rings is 2. The van der Waals surface area contributed by atoms with Crippen LogP contribution in [0.3, 0.4) is 0 Å². The quantitative estimate of drug-likeness (QED) is 0.707. The minimum absolute atomic E-state index is 0.0938. The van der Waals surface area contributed by atoms with Gasteiger partial charge < -0.3 is 10.2 Å². The van der Waals surface area contributed by atoms with Crippen molar-refractivity contribution in [3.63, 3.8) is 0 Å². The Labute approximate surface area is 170 Å². The highest BCUT2D eigenvalue weighted by Crippen LogP contribution is 2.43. The molecule has 1 amide bonds. The van der Waals surface area contributed by atoms with Crippen LogP contribution in [0.2, 0.25) is 0 Å². The summed E-state index contributed by atoms with van der Waals surface area (Å²) in [4.78, 5) is 19.9. The van der Waals surface area contributed by atoms with Gasteiger partial charge in [0, 0.05) is 18.3 Å². The molecule has 2 aliphatic rings. The minimum Gasteiger partial charge on any atom is -0.369 e. The molecule has 0 aliphatic carbocycles. The van der Waals surface area contributed by atoms with Gasteiger partial charge in [-0.15, -0.1) is 0 Å². The number of carbonyl (C=O) groups is 1. The van der Waals surface area contributed by atoms with E-state index in [9.17, 15) is 4.79 Å². The highest BCUT2D eigenvalue weighted by molar-refractivity contribution is 8.18. The van der Waals surface area contributed by atoms with E-state index < -0.39 is 0 Å². The van der Waals surface area contributed by atoms with Crippen molar-refractivity contribution in [1.29, 1.82) is 0 Å². The molecule has 0 bridgehead atoms. The van der Waals surface area contributed by atoms with Crippen molar-refractivity contribution in [2.75, 3.05) is 11.9 Å². The molecule has 0 radical (unpaired) electrons. The molecule has 2 heterocycles. The first kappa shape index (κ1) is 18.8. The van der Waals surface area contributed by atoms with E-state index in [4.69, 9.17) is 0 Å². The van der Waals surface area contributed by atoms with Gasteiger partial charge in [0.15, 0.2) is 5.17 Å². The summed E-state index contributed by atoms with van der Waals surface area (Å²) < 4.78 is 0. The third-order valence-corrected chi connectivity index (χ3v) is 6.50. The second kappa shape index (κ2) is 7.13. The van der Waals surface area contributed by atoms with E-state index in [0.29, 0.717) is 16.0 Å². The van der Waals surface area contributed by atoms with Crippen LogP contribution in [0.1, 0.15) is 44.2 Å². The fourth-order valence-electron chi connectivity index (χ4n) is 3.94. The van der Waals surface area contributed by atoms with Crippen LogP contribution in [0.25, 0.3) is 6.08 Å². The van der Waals surface area contributed by atoms with E-state index in [0.717, 1.165) is 17.7 Å². The normalized spacial score (nSPS) is 23.8. The van der Waals surface area contributed by atoms with Crippen LogP contribution in [0.4, 0.5) is 11.4 Å². The van der Waals surface area contributed by atoms with Crippen LogP contribution in [-0.2, 0) is 4.79 Å². The molecule has 4 nitrogen and oxygen atoms in total. The zero-order chi connectivity index (χ0) is 19.9. The van der Waals surface area contributed by atoms with E-state index in [1.807, 2.05) is 36.4 Å². The summed E-state index contributed by atoms with van der Waals surface area (Å²) in [5.74, 6) is 0.392. The first-order chi connectivity index (χ1) is 13.3. The van der Waals surface area contributed by atoms with E-state index in [-0.39, 0.29) is 11.4 Å². The molecule has 144 valence electrons. The number of para-hydroxylation sites is 1. The molecular weight excluding hydrogens is 366 g/mol. The number of fused-ring (bicyclic) bond motifs is 1. The SMILES string of the molecule is C[C@H]1CC(C)(C)N(C)c2ccc(/C=C3\SC(=Nc4ccccc4)NC3=O)cc21. The van der Waals surface area contributed by atoms with Crippen molar-refractivity contribution in [2.45, 2.75) is 38.6 Å². The van der Waals surface area contributed by atoms with Crippen molar-refractivity contribution in [1.82, 2.24) is 5.32 Å². The van der Waals surface area contributed by atoms with Crippen LogP contribution in [0, 0.1) is 0 Å². The molecule has 1 saturated heterocycles. The molecule has 28 heavy (non-hydrogen) atoms. The smallest absolute Gasteiger partial charge is 0.264 e. The molecular formula is C23H25N3OS. The molecule has 5 heteroatoms. The molecule has 0 saturated carbocycles.